The van der Waals surface area contributed by atoms with Crippen molar-refractivity contribution in [2.24, 2.45) is 0 Å². The maximum Gasteiger partial charge on any atom is 0.189 e. The second-order valence-corrected chi connectivity index (χ2v) is 6.43. The molecule has 6 heteroatoms. The van der Waals surface area contributed by atoms with E-state index in [1.54, 1.807) is 11.3 Å². The van der Waals surface area contributed by atoms with E-state index in [0.717, 1.165) is 40.7 Å². The molecule has 0 radical (unpaired) electrons. The van der Waals surface area contributed by atoms with Crippen LogP contribution in [0.5, 0.6) is 0 Å². The molecule has 5 nitrogen and oxygen atoms in total. The minimum absolute atomic E-state index is 0.853. The third-order valence-corrected chi connectivity index (χ3v) is 4.64. The fraction of sp³-hybridized carbons (Fsp3) is 0.267. The first-order valence-electron chi connectivity index (χ1n) is 6.93. The summed E-state index contributed by atoms with van der Waals surface area (Å²) in [6, 6.07) is 4.10. The lowest BCUT2D eigenvalue weighted by Crippen LogP contribution is -2.00. The number of nitrogens with zero attached hydrogens (tertiary/aromatic N) is 3. The van der Waals surface area contributed by atoms with Crippen LogP contribution in [-0.2, 0) is 12.8 Å². The van der Waals surface area contributed by atoms with Gasteiger partial charge in [0.15, 0.2) is 5.13 Å². The Morgan fingerprint density at radius 2 is 2.10 bits per heavy atom. The highest BCUT2D eigenvalue weighted by atomic mass is 32.1. The molecule has 0 saturated carbocycles. The molecule has 0 bridgehead atoms. The minimum atomic E-state index is 0.853. The fourth-order valence-corrected chi connectivity index (χ4v) is 3.73. The first-order chi connectivity index (χ1) is 10.2. The molecule has 0 aliphatic heterocycles. The number of rotatable bonds is 2. The van der Waals surface area contributed by atoms with Crippen molar-refractivity contribution in [3.8, 4) is 11.3 Å². The zero-order chi connectivity index (χ0) is 14.4. The molecular weight excluding hydrogens is 282 g/mol. The predicted molar refractivity (Wildman–Crippen MR) is 84.1 cm³/mol. The van der Waals surface area contributed by atoms with E-state index in [4.69, 9.17) is 4.98 Å². The van der Waals surface area contributed by atoms with Gasteiger partial charge in [0.1, 0.15) is 5.82 Å². The number of aromatic amines is 1. The molecule has 3 heterocycles. The van der Waals surface area contributed by atoms with Gasteiger partial charge in [0, 0.05) is 21.8 Å². The molecule has 0 amide bonds. The number of hydrogen-bond acceptors (Lipinski definition) is 5. The van der Waals surface area contributed by atoms with Crippen molar-refractivity contribution in [1.82, 2.24) is 20.2 Å². The molecule has 0 unspecified atom stereocenters. The van der Waals surface area contributed by atoms with Gasteiger partial charge >= 0.3 is 0 Å². The molecule has 2 N–H and O–H groups in total. The van der Waals surface area contributed by atoms with E-state index in [2.05, 4.69) is 33.5 Å². The van der Waals surface area contributed by atoms with Crippen LogP contribution in [0.15, 0.2) is 18.3 Å². The second-order valence-electron chi connectivity index (χ2n) is 5.35. The lowest BCUT2D eigenvalue weighted by atomic mass is 10.0. The zero-order valence-corrected chi connectivity index (χ0v) is 12.7. The standard InChI is InChI=1S/C15H15N5S/c1-8-5-9(2)17-13(6-8)18-15-19-14-10-7-16-20-11(10)3-4-12(14)21-15/h5-7H,3-4H2,1-2H3,(H,16,20)(H,17,18,19). The normalized spacial score (nSPS) is 12.9. The summed E-state index contributed by atoms with van der Waals surface area (Å²) in [6.07, 6.45) is 3.89. The number of aromatic nitrogens is 4. The van der Waals surface area contributed by atoms with Crippen molar-refractivity contribution in [1.29, 1.82) is 0 Å². The van der Waals surface area contributed by atoms with Crippen molar-refractivity contribution in [2.75, 3.05) is 5.32 Å². The maximum atomic E-state index is 4.73. The van der Waals surface area contributed by atoms with E-state index < -0.39 is 0 Å². The van der Waals surface area contributed by atoms with Crippen LogP contribution in [0, 0.1) is 13.8 Å². The summed E-state index contributed by atoms with van der Waals surface area (Å²) in [6.45, 7) is 4.08. The highest BCUT2D eigenvalue weighted by molar-refractivity contribution is 7.16. The molecule has 0 aromatic carbocycles. The Kier molecular flexibility index (Phi) is 2.78. The number of aryl methyl sites for hydroxylation is 4. The second kappa shape index (κ2) is 4.66. The quantitative estimate of drug-likeness (QED) is 0.761. The molecule has 0 saturated heterocycles. The van der Waals surface area contributed by atoms with Gasteiger partial charge < -0.3 is 5.32 Å². The van der Waals surface area contributed by atoms with Gasteiger partial charge in [0.05, 0.1) is 11.9 Å². The first-order valence-corrected chi connectivity index (χ1v) is 7.75. The Morgan fingerprint density at radius 3 is 2.95 bits per heavy atom. The molecule has 3 aromatic rings. The zero-order valence-electron chi connectivity index (χ0n) is 11.9. The Labute approximate surface area is 126 Å². The van der Waals surface area contributed by atoms with Crippen LogP contribution in [0.25, 0.3) is 11.3 Å². The molecule has 0 fully saturated rings. The summed E-state index contributed by atoms with van der Waals surface area (Å²) < 4.78 is 0. The Morgan fingerprint density at radius 1 is 1.19 bits per heavy atom. The third-order valence-electron chi connectivity index (χ3n) is 3.61. The van der Waals surface area contributed by atoms with Crippen molar-refractivity contribution < 1.29 is 0 Å². The van der Waals surface area contributed by atoms with Crippen LogP contribution in [0.4, 0.5) is 10.9 Å². The van der Waals surface area contributed by atoms with Gasteiger partial charge in [0.25, 0.3) is 0 Å². The van der Waals surface area contributed by atoms with E-state index in [9.17, 15) is 0 Å². The number of thiazole rings is 1. The Bertz CT molecular complexity index is 797. The van der Waals surface area contributed by atoms with E-state index in [-0.39, 0.29) is 0 Å². The highest BCUT2D eigenvalue weighted by Gasteiger charge is 2.22. The van der Waals surface area contributed by atoms with Gasteiger partial charge in [-0.15, -0.1) is 11.3 Å². The summed E-state index contributed by atoms with van der Waals surface area (Å²) in [7, 11) is 0. The first kappa shape index (κ1) is 12.5. The summed E-state index contributed by atoms with van der Waals surface area (Å²) in [4.78, 5) is 10.5. The summed E-state index contributed by atoms with van der Waals surface area (Å²) in [5, 5.41) is 11.4. The molecule has 1 aliphatic rings. The van der Waals surface area contributed by atoms with Crippen molar-refractivity contribution in [3.05, 3.63) is 40.2 Å². The number of fused-ring (bicyclic) bond motifs is 3. The fourth-order valence-electron chi connectivity index (χ4n) is 2.75. The maximum absolute atomic E-state index is 4.73. The molecule has 3 aromatic heterocycles. The van der Waals surface area contributed by atoms with E-state index in [1.807, 2.05) is 19.2 Å². The van der Waals surface area contributed by atoms with Crippen LogP contribution in [0.1, 0.15) is 21.8 Å². The monoisotopic (exact) mass is 297 g/mol. The Balaban J connectivity index is 1.69. The molecule has 0 spiro atoms. The molecular formula is C15H15N5S. The topological polar surface area (TPSA) is 66.5 Å². The summed E-state index contributed by atoms with van der Waals surface area (Å²) in [5.74, 6) is 0.853. The molecule has 21 heavy (non-hydrogen) atoms. The van der Waals surface area contributed by atoms with Gasteiger partial charge in [-0.25, -0.2) is 9.97 Å². The number of H-pyrrole nitrogens is 1. The van der Waals surface area contributed by atoms with Gasteiger partial charge in [0.2, 0.25) is 0 Å². The van der Waals surface area contributed by atoms with Crippen LogP contribution in [-0.4, -0.2) is 20.2 Å². The van der Waals surface area contributed by atoms with Crippen molar-refractivity contribution >= 4 is 22.3 Å². The number of pyridine rings is 1. The Hall–Kier alpha value is -2.21. The third kappa shape index (κ3) is 2.21. The van der Waals surface area contributed by atoms with Gasteiger partial charge in [-0.1, -0.05) is 0 Å². The van der Waals surface area contributed by atoms with Gasteiger partial charge in [-0.3, -0.25) is 5.10 Å². The number of hydrogen-bond donors (Lipinski definition) is 2. The lowest BCUT2D eigenvalue weighted by Gasteiger charge is -2.08. The molecule has 4 rings (SSSR count). The van der Waals surface area contributed by atoms with E-state index >= 15 is 0 Å². The molecule has 106 valence electrons. The van der Waals surface area contributed by atoms with Crippen LogP contribution in [0.2, 0.25) is 0 Å². The summed E-state index contributed by atoms with van der Waals surface area (Å²) >= 11 is 1.70. The summed E-state index contributed by atoms with van der Waals surface area (Å²) in [5.41, 5.74) is 5.58. The van der Waals surface area contributed by atoms with Crippen LogP contribution >= 0.6 is 11.3 Å². The smallest absolute Gasteiger partial charge is 0.189 e. The van der Waals surface area contributed by atoms with Gasteiger partial charge in [-0.05, 0) is 44.4 Å². The molecule has 1 aliphatic carbocycles. The largest absolute Gasteiger partial charge is 0.316 e. The highest BCUT2D eigenvalue weighted by Crippen LogP contribution is 2.37. The average Bonchev–Trinajstić information content (AvgIpc) is 3.01. The van der Waals surface area contributed by atoms with Crippen molar-refractivity contribution in [3.63, 3.8) is 0 Å². The SMILES string of the molecule is Cc1cc(C)nc(Nc2nc3c(s2)CCc2[nH]ncc2-3)c1. The van der Waals surface area contributed by atoms with E-state index in [1.165, 1.54) is 16.1 Å². The van der Waals surface area contributed by atoms with Gasteiger partial charge in [-0.2, -0.15) is 5.10 Å². The minimum Gasteiger partial charge on any atom is -0.316 e. The number of nitrogens with one attached hydrogen (secondary N) is 2. The average molecular weight is 297 g/mol. The molecule has 0 atom stereocenters. The van der Waals surface area contributed by atoms with E-state index in [0.29, 0.717) is 0 Å². The van der Waals surface area contributed by atoms with Crippen molar-refractivity contribution in [2.45, 2.75) is 26.7 Å². The predicted octanol–water partition coefficient (Wildman–Crippen LogP) is 3.39. The van der Waals surface area contributed by atoms with Crippen LogP contribution in [0.3, 0.4) is 0 Å². The van der Waals surface area contributed by atoms with Crippen LogP contribution < -0.4 is 5.32 Å². The lowest BCUT2D eigenvalue weighted by molar-refractivity contribution is 0.891. The number of anilines is 2.